The Hall–Kier alpha value is -1.87. The van der Waals surface area contributed by atoms with E-state index >= 15 is 0 Å². The first-order chi connectivity index (χ1) is 10.5. The third-order valence-corrected chi connectivity index (χ3v) is 4.98. The SMILES string of the molecule is Cc1cc(C(=O)N2CSC[C@H]2C(=O)Nc2ncc(C)s2)on1. The van der Waals surface area contributed by atoms with Gasteiger partial charge in [-0.05, 0) is 13.8 Å². The van der Waals surface area contributed by atoms with Gasteiger partial charge in [0.15, 0.2) is 5.13 Å². The summed E-state index contributed by atoms with van der Waals surface area (Å²) in [6.07, 6.45) is 1.70. The third-order valence-electron chi connectivity index (χ3n) is 3.14. The molecule has 1 N–H and O–H groups in total. The molecule has 0 radical (unpaired) electrons. The summed E-state index contributed by atoms with van der Waals surface area (Å²) < 4.78 is 5.00. The average Bonchev–Trinajstić information content (AvgIpc) is 3.19. The third kappa shape index (κ3) is 3.00. The number of anilines is 1. The summed E-state index contributed by atoms with van der Waals surface area (Å²) in [6.45, 7) is 3.66. The fourth-order valence-corrected chi connectivity index (χ4v) is 3.89. The summed E-state index contributed by atoms with van der Waals surface area (Å²) >= 11 is 2.93. The van der Waals surface area contributed by atoms with Crippen molar-refractivity contribution in [2.75, 3.05) is 16.9 Å². The van der Waals surface area contributed by atoms with E-state index in [-0.39, 0.29) is 17.6 Å². The van der Waals surface area contributed by atoms with Gasteiger partial charge >= 0.3 is 0 Å². The normalized spacial score (nSPS) is 17.7. The van der Waals surface area contributed by atoms with Crippen LogP contribution in [0.4, 0.5) is 5.13 Å². The number of nitrogens with one attached hydrogen (secondary N) is 1. The summed E-state index contributed by atoms with van der Waals surface area (Å²) in [5, 5.41) is 7.02. The standard InChI is InChI=1S/C13H14N4O3S2/c1-7-3-10(20-16-7)12(19)17-6-21-5-9(17)11(18)15-13-14-4-8(2)22-13/h3-4,9H,5-6H2,1-2H3,(H,14,15,18)/t9-/m0/s1. The highest BCUT2D eigenvalue weighted by Gasteiger charge is 2.36. The lowest BCUT2D eigenvalue weighted by molar-refractivity contribution is -0.119. The molecule has 0 aromatic carbocycles. The molecule has 22 heavy (non-hydrogen) atoms. The highest BCUT2D eigenvalue weighted by atomic mass is 32.2. The zero-order chi connectivity index (χ0) is 15.7. The van der Waals surface area contributed by atoms with Crippen LogP contribution >= 0.6 is 23.1 Å². The van der Waals surface area contributed by atoms with E-state index in [1.807, 2.05) is 6.92 Å². The van der Waals surface area contributed by atoms with Crippen LogP contribution in [0, 0.1) is 13.8 Å². The maximum Gasteiger partial charge on any atom is 0.293 e. The largest absolute Gasteiger partial charge is 0.351 e. The predicted molar refractivity (Wildman–Crippen MR) is 84.0 cm³/mol. The summed E-state index contributed by atoms with van der Waals surface area (Å²) in [5.74, 6) is 0.607. The molecule has 1 atom stereocenters. The molecule has 3 rings (SSSR count). The van der Waals surface area contributed by atoms with E-state index in [0.29, 0.717) is 22.5 Å². The van der Waals surface area contributed by atoms with Crippen molar-refractivity contribution in [2.45, 2.75) is 19.9 Å². The molecule has 0 bridgehead atoms. The Balaban J connectivity index is 1.72. The van der Waals surface area contributed by atoms with Crippen LogP contribution in [-0.4, -0.2) is 44.5 Å². The number of thioether (sulfide) groups is 1. The van der Waals surface area contributed by atoms with Crippen LogP contribution in [0.25, 0.3) is 0 Å². The summed E-state index contributed by atoms with van der Waals surface area (Å²) in [7, 11) is 0. The molecule has 1 aliphatic rings. The fraction of sp³-hybridized carbons (Fsp3) is 0.385. The smallest absolute Gasteiger partial charge is 0.293 e. The van der Waals surface area contributed by atoms with E-state index in [4.69, 9.17) is 4.52 Å². The Morgan fingerprint density at radius 1 is 1.45 bits per heavy atom. The van der Waals surface area contributed by atoms with Crippen LogP contribution in [0.3, 0.4) is 0 Å². The molecule has 0 aliphatic carbocycles. The number of hydrogen-bond acceptors (Lipinski definition) is 7. The molecule has 1 saturated heterocycles. The number of amides is 2. The average molecular weight is 338 g/mol. The van der Waals surface area contributed by atoms with E-state index in [1.165, 1.54) is 28.0 Å². The summed E-state index contributed by atoms with van der Waals surface area (Å²) in [4.78, 5) is 31.4. The lowest BCUT2D eigenvalue weighted by Crippen LogP contribution is -2.44. The number of thiazole rings is 1. The Labute approximate surface area is 135 Å². The van der Waals surface area contributed by atoms with Crippen molar-refractivity contribution in [3.63, 3.8) is 0 Å². The van der Waals surface area contributed by atoms with Crippen molar-refractivity contribution in [1.29, 1.82) is 0 Å². The molecule has 116 valence electrons. The number of aromatic nitrogens is 2. The van der Waals surface area contributed by atoms with Gasteiger partial charge in [0.1, 0.15) is 6.04 Å². The quantitative estimate of drug-likeness (QED) is 0.919. The summed E-state index contributed by atoms with van der Waals surface area (Å²) in [5.41, 5.74) is 0.634. The first-order valence-corrected chi connectivity index (χ1v) is 8.57. The maximum absolute atomic E-state index is 12.4. The number of carbonyl (C=O) groups is 2. The monoisotopic (exact) mass is 338 g/mol. The lowest BCUT2D eigenvalue weighted by atomic mass is 10.2. The van der Waals surface area contributed by atoms with E-state index in [9.17, 15) is 9.59 Å². The molecule has 2 amide bonds. The van der Waals surface area contributed by atoms with Gasteiger partial charge in [-0.25, -0.2) is 4.98 Å². The van der Waals surface area contributed by atoms with Crippen LogP contribution in [0.2, 0.25) is 0 Å². The lowest BCUT2D eigenvalue weighted by Gasteiger charge is -2.21. The van der Waals surface area contributed by atoms with E-state index in [1.54, 1.807) is 19.2 Å². The van der Waals surface area contributed by atoms with Crippen LogP contribution in [0.1, 0.15) is 21.1 Å². The second-order valence-corrected chi connectivity index (χ2v) is 7.12. The highest BCUT2D eigenvalue weighted by Crippen LogP contribution is 2.25. The molecule has 2 aromatic heterocycles. The van der Waals surface area contributed by atoms with Crippen molar-refractivity contribution in [2.24, 2.45) is 0 Å². The van der Waals surface area contributed by atoms with Crippen LogP contribution in [0.5, 0.6) is 0 Å². The molecule has 9 heteroatoms. The number of rotatable bonds is 3. The van der Waals surface area contributed by atoms with Gasteiger partial charge in [-0.15, -0.1) is 23.1 Å². The summed E-state index contributed by atoms with van der Waals surface area (Å²) in [6, 6.07) is 1.04. The Morgan fingerprint density at radius 3 is 2.91 bits per heavy atom. The van der Waals surface area contributed by atoms with Crippen LogP contribution in [0.15, 0.2) is 16.8 Å². The molecule has 2 aromatic rings. The highest BCUT2D eigenvalue weighted by molar-refractivity contribution is 7.99. The van der Waals surface area contributed by atoms with Gasteiger partial charge in [-0.3, -0.25) is 9.59 Å². The first kappa shape index (κ1) is 15.0. The van der Waals surface area contributed by atoms with Gasteiger partial charge in [0.05, 0.1) is 11.6 Å². The van der Waals surface area contributed by atoms with Crippen molar-refractivity contribution < 1.29 is 14.1 Å². The van der Waals surface area contributed by atoms with Crippen molar-refractivity contribution >= 4 is 40.0 Å². The Morgan fingerprint density at radius 2 is 2.27 bits per heavy atom. The van der Waals surface area contributed by atoms with Crippen molar-refractivity contribution in [1.82, 2.24) is 15.0 Å². The number of aryl methyl sites for hydroxylation is 2. The van der Waals surface area contributed by atoms with Gasteiger partial charge in [0, 0.05) is 22.9 Å². The molecule has 3 heterocycles. The molecule has 1 fully saturated rings. The van der Waals surface area contributed by atoms with Gasteiger partial charge in [0.25, 0.3) is 5.91 Å². The van der Waals surface area contributed by atoms with Gasteiger partial charge in [-0.2, -0.15) is 0 Å². The minimum Gasteiger partial charge on any atom is -0.351 e. The molecule has 0 unspecified atom stereocenters. The molecule has 1 aliphatic heterocycles. The van der Waals surface area contributed by atoms with Gasteiger partial charge < -0.3 is 14.7 Å². The van der Waals surface area contributed by atoms with Gasteiger partial charge in [-0.1, -0.05) is 5.16 Å². The predicted octanol–water partition coefficient (Wildman–Crippen LogP) is 1.90. The van der Waals surface area contributed by atoms with Crippen LogP contribution in [-0.2, 0) is 4.79 Å². The second-order valence-electron chi connectivity index (χ2n) is 4.89. The molecular weight excluding hydrogens is 324 g/mol. The number of carbonyl (C=O) groups excluding carboxylic acids is 2. The number of nitrogens with zero attached hydrogens (tertiary/aromatic N) is 3. The Bertz CT molecular complexity index is 712. The van der Waals surface area contributed by atoms with Crippen molar-refractivity contribution in [3.8, 4) is 0 Å². The Kier molecular flexibility index (Phi) is 4.16. The van der Waals surface area contributed by atoms with Crippen molar-refractivity contribution in [3.05, 3.63) is 28.6 Å². The fourth-order valence-electron chi connectivity index (χ4n) is 2.07. The minimum absolute atomic E-state index is 0.155. The molecular formula is C13H14N4O3S2. The number of hydrogen-bond donors (Lipinski definition) is 1. The molecule has 0 spiro atoms. The van der Waals surface area contributed by atoms with Gasteiger partial charge in [0.2, 0.25) is 11.7 Å². The zero-order valence-electron chi connectivity index (χ0n) is 12.0. The minimum atomic E-state index is -0.535. The van der Waals surface area contributed by atoms with E-state index in [2.05, 4.69) is 15.5 Å². The van der Waals surface area contributed by atoms with E-state index in [0.717, 1.165) is 4.88 Å². The second kappa shape index (κ2) is 6.09. The molecule has 7 nitrogen and oxygen atoms in total. The topological polar surface area (TPSA) is 88.3 Å². The first-order valence-electron chi connectivity index (χ1n) is 6.60. The molecule has 0 saturated carbocycles. The van der Waals surface area contributed by atoms with E-state index < -0.39 is 6.04 Å². The van der Waals surface area contributed by atoms with Crippen LogP contribution < -0.4 is 5.32 Å². The zero-order valence-corrected chi connectivity index (χ0v) is 13.7. The maximum atomic E-state index is 12.4.